The summed E-state index contributed by atoms with van der Waals surface area (Å²) in [5, 5.41) is 1.46. The first kappa shape index (κ1) is 17.2. The van der Waals surface area contributed by atoms with Crippen LogP contribution in [0.15, 0.2) is 47.4 Å². The number of aromatic nitrogens is 1. The van der Waals surface area contributed by atoms with Gasteiger partial charge in [-0.1, -0.05) is 41.4 Å². The molecule has 0 saturated carbocycles. The molecule has 1 heterocycles. The molecule has 0 aliphatic rings. The predicted octanol–water partition coefficient (Wildman–Crippen LogP) is 5.01. The lowest BCUT2D eigenvalue weighted by molar-refractivity contribution is 0.309. The minimum atomic E-state index is -2.19. The van der Waals surface area contributed by atoms with Crippen molar-refractivity contribution in [2.75, 3.05) is 0 Å². The van der Waals surface area contributed by atoms with Gasteiger partial charge in [-0.25, -0.2) is 9.19 Å². The highest BCUT2D eigenvalue weighted by Crippen LogP contribution is 2.32. The van der Waals surface area contributed by atoms with Crippen molar-refractivity contribution in [1.82, 2.24) is 4.98 Å². The van der Waals surface area contributed by atoms with Crippen LogP contribution in [-0.4, -0.2) is 13.7 Å². The van der Waals surface area contributed by atoms with Gasteiger partial charge in [0.15, 0.2) is 11.1 Å². The van der Waals surface area contributed by atoms with Crippen molar-refractivity contribution in [3.8, 4) is 5.75 Å². The second-order valence-electron chi connectivity index (χ2n) is 5.16. The zero-order valence-electron chi connectivity index (χ0n) is 12.6. The van der Waals surface area contributed by atoms with E-state index in [1.807, 2.05) is 37.3 Å². The Bertz CT molecular complexity index is 947. The molecule has 4 nitrogen and oxygen atoms in total. The van der Waals surface area contributed by atoms with Gasteiger partial charge in [0.25, 0.3) is 0 Å². The van der Waals surface area contributed by atoms with E-state index in [0.717, 1.165) is 16.6 Å². The molecule has 2 aromatic carbocycles. The SMILES string of the molecule is Cc1ccc2cccc(OCc3c(Cl)ccc(S(=O)O)c3Cl)c2n1. The molecule has 1 atom stereocenters. The largest absolute Gasteiger partial charge is 0.487 e. The minimum Gasteiger partial charge on any atom is -0.487 e. The van der Waals surface area contributed by atoms with Crippen LogP contribution in [0.3, 0.4) is 0 Å². The number of hydrogen-bond acceptors (Lipinski definition) is 3. The van der Waals surface area contributed by atoms with E-state index in [0.29, 0.717) is 16.3 Å². The van der Waals surface area contributed by atoms with E-state index in [9.17, 15) is 8.76 Å². The van der Waals surface area contributed by atoms with Crippen LogP contribution in [0.25, 0.3) is 10.9 Å². The monoisotopic (exact) mass is 381 g/mol. The molecule has 0 amide bonds. The first-order valence-electron chi connectivity index (χ1n) is 7.04. The first-order valence-corrected chi connectivity index (χ1v) is 8.90. The van der Waals surface area contributed by atoms with E-state index in [4.69, 9.17) is 27.9 Å². The molecule has 0 bridgehead atoms. The van der Waals surface area contributed by atoms with E-state index < -0.39 is 11.1 Å². The van der Waals surface area contributed by atoms with Crippen LogP contribution >= 0.6 is 23.2 Å². The van der Waals surface area contributed by atoms with Gasteiger partial charge < -0.3 is 9.29 Å². The van der Waals surface area contributed by atoms with E-state index >= 15 is 0 Å². The van der Waals surface area contributed by atoms with Crippen LogP contribution in [0.4, 0.5) is 0 Å². The highest BCUT2D eigenvalue weighted by molar-refractivity contribution is 7.79. The molecule has 1 aromatic heterocycles. The summed E-state index contributed by atoms with van der Waals surface area (Å²) in [6.45, 7) is 1.97. The molecule has 0 radical (unpaired) electrons. The Hall–Kier alpha value is -1.66. The van der Waals surface area contributed by atoms with Crippen LogP contribution in [0.2, 0.25) is 10.0 Å². The Labute approximate surface area is 151 Å². The molecule has 0 spiro atoms. The van der Waals surface area contributed by atoms with Gasteiger partial charge in [0.1, 0.15) is 17.9 Å². The Kier molecular flexibility index (Phi) is 5.06. The maximum absolute atomic E-state index is 11.3. The molecule has 0 aliphatic carbocycles. The van der Waals surface area contributed by atoms with Crippen LogP contribution in [0, 0.1) is 6.92 Å². The smallest absolute Gasteiger partial charge is 0.188 e. The molecule has 124 valence electrons. The van der Waals surface area contributed by atoms with Gasteiger partial charge in [-0.15, -0.1) is 0 Å². The summed E-state index contributed by atoms with van der Waals surface area (Å²) >= 11 is 10.1. The number of para-hydroxylation sites is 1. The van der Waals surface area contributed by atoms with E-state index in [-0.39, 0.29) is 16.5 Å². The van der Waals surface area contributed by atoms with Crippen LogP contribution in [0.5, 0.6) is 5.75 Å². The third-order valence-electron chi connectivity index (χ3n) is 3.53. The number of benzene rings is 2. The Morgan fingerprint density at radius 3 is 2.71 bits per heavy atom. The minimum absolute atomic E-state index is 0.0669. The first-order chi connectivity index (χ1) is 11.5. The molecule has 3 rings (SSSR count). The lowest BCUT2D eigenvalue weighted by Crippen LogP contribution is -2.01. The van der Waals surface area contributed by atoms with Crippen molar-refractivity contribution in [3.05, 3.63) is 63.8 Å². The average Bonchev–Trinajstić information content (AvgIpc) is 2.54. The fourth-order valence-electron chi connectivity index (χ4n) is 2.33. The van der Waals surface area contributed by atoms with E-state index in [1.165, 1.54) is 12.1 Å². The zero-order valence-corrected chi connectivity index (χ0v) is 15.0. The highest BCUT2D eigenvalue weighted by atomic mass is 35.5. The molecule has 7 heteroatoms. The van der Waals surface area contributed by atoms with Crippen molar-refractivity contribution in [3.63, 3.8) is 0 Å². The fourth-order valence-corrected chi connectivity index (χ4v) is 3.47. The van der Waals surface area contributed by atoms with Crippen molar-refractivity contribution in [2.24, 2.45) is 0 Å². The molecule has 0 fully saturated rings. The number of nitrogens with zero attached hydrogens (tertiary/aromatic N) is 1. The second-order valence-corrected chi connectivity index (χ2v) is 6.88. The third-order valence-corrected chi connectivity index (χ3v) is 5.15. The number of aryl methyl sites for hydroxylation is 1. The Morgan fingerprint density at radius 1 is 1.17 bits per heavy atom. The maximum atomic E-state index is 11.3. The summed E-state index contributed by atoms with van der Waals surface area (Å²) in [5.41, 5.74) is 2.09. The third kappa shape index (κ3) is 3.39. The highest BCUT2D eigenvalue weighted by Gasteiger charge is 2.15. The van der Waals surface area contributed by atoms with Crippen LogP contribution < -0.4 is 4.74 Å². The number of rotatable bonds is 4. The van der Waals surface area contributed by atoms with Gasteiger partial charge in [-0.3, -0.25) is 0 Å². The van der Waals surface area contributed by atoms with Crippen molar-refractivity contribution < 1.29 is 13.5 Å². The summed E-state index contributed by atoms with van der Waals surface area (Å²) in [7, 11) is 0. The molecule has 1 N–H and O–H groups in total. The van der Waals surface area contributed by atoms with Gasteiger partial charge in [-0.05, 0) is 31.2 Å². The molecule has 0 saturated heterocycles. The number of ether oxygens (including phenoxy) is 1. The molecule has 1 unspecified atom stereocenters. The Balaban J connectivity index is 1.96. The van der Waals surface area contributed by atoms with Crippen LogP contribution in [0.1, 0.15) is 11.3 Å². The van der Waals surface area contributed by atoms with E-state index in [2.05, 4.69) is 4.98 Å². The molecule has 24 heavy (non-hydrogen) atoms. The number of halogens is 2. The van der Waals surface area contributed by atoms with Crippen molar-refractivity contribution in [2.45, 2.75) is 18.4 Å². The van der Waals surface area contributed by atoms with Crippen LogP contribution in [-0.2, 0) is 17.7 Å². The number of fused-ring (bicyclic) bond motifs is 1. The average molecular weight is 382 g/mol. The zero-order chi connectivity index (χ0) is 17.3. The summed E-state index contributed by atoms with van der Waals surface area (Å²) in [6, 6.07) is 12.5. The predicted molar refractivity (Wildman–Crippen MR) is 96.3 cm³/mol. The van der Waals surface area contributed by atoms with Crippen molar-refractivity contribution in [1.29, 1.82) is 0 Å². The van der Waals surface area contributed by atoms with Gasteiger partial charge >= 0.3 is 0 Å². The molecular formula is C17H13Cl2NO3S. The number of pyridine rings is 1. The van der Waals surface area contributed by atoms with E-state index in [1.54, 1.807) is 0 Å². The topological polar surface area (TPSA) is 59.4 Å². The summed E-state index contributed by atoms with van der Waals surface area (Å²) in [5.74, 6) is 0.596. The standard InChI is InChI=1S/C17H13Cl2NO3S/c1-10-5-6-11-3-2-4-14(17(11)20-10)23-9-12-13(18)7-8-15(16(12)19)24(21)22/h2-8H,9H2,1H3,(H,21,22). The van der Waals surface area contributed by atoms with Gasteiger partial charge in [0.2, 0.25) is 0 Å². The fraction of sp³-hybridized carbons (Fsp3) is 0.118. The summed E-state index contributed by atoms with van der Waals surface area (Å²) < 4.78 is 26.4. The second kappa shape index (κ2) is 7.07. The van der Waals surface area contributed by atoms with Crippen molar-refractivity contribution >= 4 is 45.2 Å². The lowest BCUT2D eigenvalue weighted by atomic mass is 10.2. The maximum Gasteiger partial charge on any atom is 0.188 e. The molecule has 0 aliphatic heterocycles. The molecule has 3 aromatic rings. The summed E-state index contributed by atoms with van der Waals surface area (Å²) in [6.07, 6.45) is 0. The van der Waals surface area contributed by atoms with Gasteiger partial charge in [0.05, 0.1) is 9.92 Å². The lowest BCUT2D eigenvalue weighted by Gasteiger charge is -2.13. The Morgan fingerprint density at radius 2 is 1.96 bits per heavy atom. The normalized spacial score (nSPS) is 12.3. The molecular weight excluding hydrogens is 369 g/mol. The van der Waals surface area contributed by atoms with Gasteiger partial charge in [-0.2, -0.15) is 0 Å². The summed E-state index contributed by atoms with van der Waals surface area (Å²) in [4.78, 5) is 4.60. The quantitative estimate of drug-likeness (QED) is 0.645. The van der Waals surface area contributed by atoms with Gasteiger partial charge in [0, 0.05) is 21.7 Å². The number of hydrogen-bond donors (Lipinski definition) is 1.